The van der Waals surface area contributed by atoms with Gasteiger partial charge in [-0.05, 0) is 74.7 Å². The summed E-state index contributed by atoms with van der Waals surface area (Å²) in [6.45, 7) is 7.50. The van der Waals surface area contributed by atoms with Crippen LogP contribution in [0.4, 0.5) is 10.1 Å². The zero-order valence-corrected chi connectivity index (χ0v) is 18.5. The monoisotopic (exact) mass is 420 g/mol. The molecule has 0 atom stereocenters. The summed E-state index contributed by atoms with van der Waals surface area (Å²) in [6, 6.07) is 19.6. The standard InChI is InChI=1S/C26H33FN4/c1-2-8-23-21-26(31(28-23)25-9-4-3-5-10-25)11-6-7-16-29-17-19-30(20-18-29)24-14-12-22(27)13-15-24/h3-5,9-10,12-15,21H,2,6-8,11,16-20H2,1H3. The topological polar surface area (TPSA) is 24.3 Å². The van der Waals surface area contributed by atoms with E-state index in [1.165, 1.54) is 24.2 Å². The Morgan fingerprint density at radius 3 is 2.29 bits per heavy atom. The Bertz CT molecular complexity index is 928. The quantitative estimate of drug-likeness (QED) is 0.450. The molecule has 0 aliphatic carbocycles. The molecular formula is C26H33FN4. The average Bonchev–Trinajstić information content (AvgIpc) is 3.21. The van der Waals surface area contributed by atoms with Gasteiger partial charge >= 0.3 is 0 Å². The highest BCUT2D eigenvalue weighted by atomic mass is 19.1. The number of nitrogens with zero attached hydrogens (tertiary/aromatic N) is 4. The molecule has 2 aromatic carbocycles. The van der Waals surface area contributed by atoms with Crippen molar-refractivity contribution >= 4 is 5.69 Å². The summed E-state index contributed by atoms with van der Waals surface area (Å²) in [6.07, 6.45) is 5.57. The van der Waals surface area contributed by atoms with E-state index in [-0.39, 0.29) is 5.82 Å². The number of piperazine rings is 1. The maximum Gasteiger partial charge on any atom is 0.123 e. The highest BCUT2D eigenvalue weighted by Crippen LogP contribution is 2.18. The van der Waals surface area contributed by atoms with Crippen molar-refractivity contribution < 1.29 is 4.39 Å². The fraction of sp³-hybridized carbons (Fsp3) is 0.423. The van der Waals surface area contributed by atoms with Crippen molar-refractivity contribution in [3.8, 4) is 5.69 Å². The van der Waals surface area contributed by atoms with Crippen LogP contribution in [0.25, 0.3) is 5.69 Å². The lowest BCUT2D eigenvalue weighted by atomic mass is 10.1. The Morgan fingerprint density at radius 2 is 1.58 bits per heavy atom. The molecule has 1 fully saturated rings. The van der Waals surface area contributed by atoms with E-state index in [1.54, 1.807) is 12.1 Å². The summed E-state index contributed by atoms with van der Waals surface area (Å²) >= 11 is 0. The minimum atomic E-state index is -0.169. The molecule has 1 aliphatic heterocycles. The first-order valence-corrected chi connectivity index (χ1v) is 11.6. The van der Waals surface area contributed by atoms with Crippen LogP contribution in [0.3, 0.4) is 0 Å². The first-order valence-electron chi connectivity index (χ1n) is 11.6. The van der Waals surface area contributed by atoms with Gasteiger partial charge in [0.2, 0.25) is 0 Å². The van der Waals surface area contributed by atoms with Gasteiger partial charge < -0.3 is 4.90 Å². The van der Waals surface area contributed by atoms with Crippen molar-refractivity contribution in [2.75, 3.05) is 37.6 Å². The molecule has 3 aromatic rings. The summed E-state index contributed by atoms with van der Waals surface area (Å²) in [5.74, 6) is -0.169. The van der Waals surface area contributed by atoms with Crippen molar-refractivity contribution in [1.29, 1.82) is 0 Å². The minimum Gasteiger partial charge on any atom is -0.369 e. The van der Waals surface area contributed by atoms with E-state index in [4.69, 9.17) is 5.10 Å². The maximum atomic E-state index is 13.1. The third-order valence-corrected chi connectivity index (χ3v) is 6.06. The summed E-state index contributed by atoms with van der Waals surface area (Å²) in [4.78, 5) is 4.90. The zero-order chi connectivity index (χ0) is 21.5. The lowest BCUT2D eigenvalue weighted by Gasteiger charge is -2.36. The van der Waals surface area contributed by atoms with Crippen LogP contribution in [-0.4, -0.2) is 47.4 Å². The number of hydrogen-bond donors (Lipinski definition) is 0. The summed E-state index contributed by atoms with van der Waals surface area (Å²) in [5.41, 5.74) is 4.78. The normalized spacial score (nSPS) is 14.8. The molecule has 4 nitrogen and oxygen atoms in total. The highest BCUT2D eigenvalue weighted by Gasteiger charge is 2.17. The van der Waals surface area contributed by atoms with E-state index >= 15 is 0 Å². The molecule has 0 saturated carbocycles. The summed E-state index contributed by atoms with van der Waals surface area (Å²) < 4.78 is 15.3. The molecular weight excluding hydrogens is 387 g/mol. The lowest BCUT2D eigenvalue weighted by Crippen LogP contribution is -2.46. The molecule has 0 unspecified atom stereocenters. The van der Waals surface area contributed by atoms with Gasteiger partial charge in [0.05, 0.1) is 11.4 Å². The Balaban J connectivity index is 1.25. The molecule has 4 rings (SSSR count). The van der Waals surface area contributed by atoms with Crippen molar-refractivity contribution in [3.05, 3.63) is 77.9 Å². The molecule has 1 saturated heterocycles. The van der Waals surface area contributed by atoms with E-state index in [2.05, 4.69) is 57.8 Å². The predicted octanol–water partition coefficient (Wildman–Crippen LogP) is 5.11. The van der Waals surface area contributed by atoms with Crippen LogP contribution in [0, 0.1) is 5.82 Å². The Labute approximate surface area is 185 Å². The number of aryl methyl sites for hydroxylation is 2. The predicted molar refractivity (Wildman–Crippen MR) is 126 cm³/mol. The number of halogens is 1. The molecule has 1 aliphatic rings. The molecule has 5 heteroatoms. The second kappa shape index (κ2) is 10.6. The van der Waals surface area contributed by atoms with Crippen LogP contribution in [-0.2, 0) is 12.8 Å². The van der Waals surface area contributed by atoms with E-state index in [0.29, 0.717) is 0 Å². The van der Waals surface area contributed by atoms with Gasteiger partial charge in [0.1, 0.15) is 5.82 Å². The SMILES string of the molecule is CCCc1cc(CCCCN2CCN(c3ccc(F)cc3)CC2)n(-c2ccccc2)n1. The van der Waals surface area contributed by atoms with E-state index < -0.39 is 0 Å². The summed E-state index contributed by atoms with van der Waals surface area (Å²) in [7, 11) is 0. The molecule has 0 spiro atoms. The van der Waals surface area contributed by atoms with Gasteiger partial charge in [0.15, 0.2) is 0 Å². The molecule has 0 radical (unpaired) electrons. The van der Waals surface area contributed by atoms with Crippen LogP contribution in [0.5, 0.6) is 0 Å². The number of unbranched alkanes of at least 4 members (excludes halogenated alkanes) is 1. The van der Waals surface area contributed by atoms with Crippen LogP contribution in [0.1, 0.15) is 37.6 Å². The second-order valence-corrected chi connectivity index (χ2v) is 8.39. The number of para-hydroxylation sites is 1. The fourth-order valence-corrected chi connectivity index (χ4v) is 4.35. The number of anilines is 1. The average molecular weight is 421 g/mol. The molecule has 1 aromatic heterocycles. The van der Waals surface area contributed by atoms with E-state index in [0.717, 1.165) is 63.4 Å². The smallest absolute Gasteiger partial charge is 0.123 e. The third-order valence-electron chi connectivity index (χ3n) is 6.06. The number of benzene rings is 2. The zero-order valence-electron chi connectivity index (χ0n) is 18.5. The van der Waals surface area contributed by atoms with Crippen LogP contribution < -0.4 is 4.90 Å². The van der Waals surface area contributed by atoms with Gasteiger partial charge in [0.25, 0.3) is 0 Å². The fourth-order valence-electron chi connectivity index (χ4n) is 4.35. The summed E-state index contributed by atoms with van der Waals surface area (Å²) in [5, 5.41) is 4.86. The van der Waals surface area contributed by atoms with Gasteiger partial charge in [-0.2, -0.15) is 5.10 Å². The van der Waals surface area contributed by atoms with Gasteiger partial charge in [-0.3, -0.25) is 4.90 Å². The van der Waals surface area contributed by atoms with Gasteiger partial charge in [-0.15, -0.1) is 0 Å². The molecule has 0 bridgehead atoms. The van der Waals surface area contributed by atoms with Gasteiger partial charge in [0, 0.05) is 37.6 Å². The molecule has 31 heavy (non-hydrogen) atoms. The Hall–Kier alpha value is -2.66. The second-order valence-electron chi connectivity index (χ2n) is 8.39. The van der Waals surface area contributed by atoms with Gasteiger partial charge in [-0.25, -0.2) is 9.07 Å². The lowest BCUT2D eigenvalue weighted by molar-refractivity contribution is 0.253. The third kappa shape index (κ3) is 5.73. The van der Waals surface area contributed by atoms with Crippen molar-refractivity contribution in [1.82, 2.24) is 14.7 Å². The molecule has 0 N–H and O–H groups in total. The first-order chi connectivity index (χ1) is 15.2. The number of aromatic nitrogens is 2. The largest absolute Gasteiger partial charge is 0.369 e. The van der Waals surface area contributed by atoms with Crippen molar-refractivity contribution in [3.63, 3.8) is 0 Å². The highest BCUT2D eigenvalue weighted by molar-refractivity contribution is 5.46. The molecule has 164 valence electrons. The Morgan fingerprint density at radius 1 is 0.839 bits per heavy atom. The molecule has 0 amide bonds. The van der Waals surface area contributed by atoms with Crippen LogP contribution in [0.15, 0.2) is 60.7 Å². The minimum absolute atomic E-state index is 0.169. The molecule has 2 heterocycles. The number of rotatable bonds is 9. The van der Waals surface area contributed by atoms with Crippen LogP contribution in [0.2, 0.25) is 0 Å². The maximum absolute atomic E-state index is 13.1. The van der Waals surface area contributed by atoms with E-state index in [1.807, 2.05) is 12.1 Å². The number of hydrogen-bond acceptors (Lipinski definition) is 3. The van der Waals surface area contributed by atoms with Crippen LogP contribution >= 0.6 is 0 Å². The van der Waals surface area contributed by atoms with E-state index in [9.17, 15) is 4.39 Å². The van der Waals surface area contributed by atoms with Gasteiger partial charge in [-0.1, -0.05) is 31.5 Å². The van der Waals surface area contributed by atoms with Crippen molar-refractivity contribution in [2.45, 2.75) is 39.0 Å². The van der Waals surface area contributed by atoms with Crippen molar-refractivity contribution in [2.24, 2.45) is 0 Å². The first kappa shape index (κ1) is 21.6. The Kier molecular flexibility index (Phi) is 7.36.